The van der Waals surface area contributed by atoms with Crippen molar-refractivity contribution in [3.8, 4) is 11.8 Å². The number of hydrogen-bond acceptors (Lipinski definition) is 5. The van der Waals surface area contributed by atoms with Crippen LogP contribution in [0.1, 0.15) is 10.4 Å². The molecule has 6 heteroatoms. The molecular formula is C17H14N2O4. The molecular weight excluding hydrogens is 296 g/mol. The van der Waals surface area contributed by atoms with Crippen molar-refractivity contribution in [3.63, 3.8) is 0 Å². The maximum absolute atomic E-state index is 12.2. The highest BCUT2D eigenvalue weighted by Gasteiger charge is 2.18. The lowest BCUT2D eigenvalue weighted by Gasteiger charge is -2.19. The zero-order valence-electron chi connectivity index (χ0n) is 12.2. The number of hydrogen-bond donors (Lipinski definition) is 1. The van der Waals surface area contributed by atoms with Crippen LogP contribution in [0.3, 0.4) is 0 Å². The highest BCUT2D eigenvalue weighted by Crippen LogP contribution is 2.14. The number of carbonyl (C=O) groups excluding carboxylic acids is 2. The first-order valence-electron chi connectivity index (χ1n) is 6.80. The molecule has 0 spiro atoms. The van der Waals surface area contributed by atoms with Crippen LogP contribution in [0.25, 0.3) is 0 Å². The summed E-state index contributed by atoms with van der Waals surface area (Å²) in [6, 6.07) is 16.2. The number of para-hydroxylation sites is 1. The number of carbonyl (C=O) groups is 2. The average Bonchev–Trinajstić information content (AvgIpc) is 2.58. The van der Waals surface area contributed by atoms with Gasteiger partial charge >= 0.3 is 5.97 Å². The van der Waals surface area contributed by atoms with E-state index in [1.807, 2.05) is 6.07 Å². The summed E-state index contributed by atoms with van der Waals surface area (Å²) in [6.45, 7) is -0.641. The number of nitrogens with zero attached hydrogens (tertiary/aromatic N) is 2. The molecule has 2 aromatic carbocycles. The van der Waals surface area contributed by atoms with Crippen molar-refractivity contribution in [1.82, 2.24) is 0 Å². The Hall–Kier alpha value is -3.33. The molecule has 6 nitrogen and oxygen atoms in total. The van der Waals surface area contributed by atoms with Crippen molar-refractivity contribution in [2.24, 2.45) is 0 Å². The van der Waals surface area contributed by atoms with Gasteiger partial charge in [-0.15, -0.1) is 0 Å². The number of benzene rings is 2. The molecule has 0 fully saturated rings. The Balaban J connectivity index is 2.02. The molecule has 0 radical (unpaired) electrons. The summed E-state index contributed by atoms with van der Waals surface area (Å²) in [4.78, 5) is 25.3. The van der Waals surface area contributed by atoms with Crippen molar-refractivity contribution >= 4 is 17.6 Å². The van der Waals surface area contributed by atoms with E-state index in [1.165, 1.54) is 29.2 Å². The first kappa shape index (κ1) is 16.0. The monoisotopic (exact) mass is 310 g/mol. The molecule has 0 saturated heterocycles. The van der Waals surface area contributed by atoms with Gasteiger partial charge < -0.3 is 9.84 Å². The van der Waals surface area contributed by atoms with E-state index in [-0.39, 0.29) is 17.9 Å². The molecule has 0 bridgehead atoms. The summed E-state index contributed by atoms with van der Waals surface area (Å²) < 4.78 is 4.94. The lowest BCUT2D eigenvalue weighted by Crippen LogP contribution is -2.35. The Morgan fingerprint density at radius 2 is 1.87 bits per heavy atom. The summed E-state index contributed by atoms with van der Waals surface area (Å²) in [5.74, 6) is -1.30. The number of phenols is 1. The molecule has 2 aromatic rings. The fraction of sp³-hybridized carbons (Fsp3) is 0.118. The number of anilines is 1. The minimum atomic E-state index is -0.723. The fourth-order valence-electron chi connectivity index (χ4n) is 1.92. The molecule has 0 heterocycles. The third kappa shape index (κ3) is 4.32. The van der Waals surface area contributed by atoms with Gasteiger partial charge in [0.2, 0.25) is 0 Å². The van der Waals surface area contributed by atoms with E-state index in [0.29, 0.717) is 5.69 Å². The molecule has 2 rings (SSSR count). The molecule has 0 aliphatic heterocycles. The summed E-state index contributed by atoms with van der Waals surface area (Å²) in [5.41, 5.74) is 0.691. The lowest BCUT2D eigenvalue weighted by molar-refractivity contribution is -0.121. The predicted molar refractivity (Wildman–Crippen MR) is 82.8 cm³/mol. The molecule has 116 valence electrons. The molecule has 0 unspecified atom stereocenters. The van der Waals surface area contributed by atoms with E-state index in [2.05, 4.69) is 0 Å². The molecule has 0 aliphatic rings. The Kier molecular flexibility index (Phi) is 5.31. The van der Waals surface area contributed by atoms with E-state index < -0.39 is 18.5 Å². The Bertz CT molecular complexity index is 738. The van der Waals surface area contributed by atoms with E-state index >= 15 is 0 Å². The van der Waals surface area contributed by atoms with Gasteiger partial charge in [0.1, 0.15) is 12.3 Å². The zero-order chi connectivity index (χ0) is 16.7. The minimum absolute atomic E-state index is 0.0684. The number of rotatable bonds is 5. The average molecular weight is 310 g/mol. The van der Waals surface area contributed by atoms with Crippen LogP contribution in [0, 0.1) is 11.3 Å². The van der Waals surface area contributed by atoms with Crippen LogP contribution in [0.15, 0.2) is 54.6 Å². The van der Waals surface area contributed by atoms with E-state index in [9.17, 15) is 14.7 Å². The number of aromatic hydroxyl groups is 1. The first-order chi connectivity index (χ1) is 11.1. The van der Waals surface area contributed by atoms with Gasteiger partial charge in [-0.3, -0.25) is 9.69 Å². The number of esters is 1. The van der Waals surface area contributed by atoms with Gasteiger partial charge in [0.15, 0.2) is 6.61 Å². The van der Waals surface area contributed by atoms with Crippen molar-refractivity contribution in [1.29, 1.82) is 5.26 Å². The van der Waals surface area contributed by atoms with Crippen LogP contribution < -0.4 is 4.90 Å². The second-order valence-corrected chi connectivity index (χ2v) is 4.60. The third-order valence-corrected chi connectivity index (χ3v) is 3.01. The molecule has 0 saturated carbocycles. The van der Waals surface area contributed by atoms with Crippen molar-refractivity contribution in [3.05, 3.63) is 60.2 Å². The Labute approximate surface area is 133 Å². The summed E-state index contributed by atoms with van der Waals surface area (Å²) >= 11 is 0. The summed E-state index contributed by atoms with van der Waals surface area (Å²) in [6.07, 6.45) is 0. The van der Waals surface area contributed by atoms with Crippen LogP contribution in [0.2, 0.25) is 0 Å². The first-order valence-corrected chi connectivity index (χ1v) is 6.80. The van der Waals surface area contributed by atoms with Crippen LogP contribution >= 0.6 is 0 Å². The zero-order valence-corrected chi connectivity index (χ0v) is 12.2. The standard InChI is InChI=1S/C17H14N2O4/c18-9-10-19(14-6-2-1-3-7-14)16(21)12-23-17(22)13-5-4-8-15(20)11-13/h1-8,11,20H,10,12H2. The van der Waals surface area contributed by atoms with E-state index in [0.717, 1.165) is 0 Å². The molecule has 1 amide bonds. The molecule has 0 atom stereocenters. The highest BCUT2D eigenvalue weighted by atomic mass is 16.5. The van der Waals surface area contributed by atoms with Gasteiger partial charge in [0.05, 0.1) is 11.6 Å². The van der Waals surface area contributed by atoms with E-state index in [1.54, 1.807) is 30.3 Å². The van der Waals surface area contributed by atoms with Crippen LogP contribution in [-0.4, -0.2) is 30.1 Å². The van der Waals surface area contributed by atoms with Gasteiger partial charge in [0, 0.05) is 5.69 Å². The lowest BCUT2D eigenvalue weighted by atomic mass is 10.2. The maximum Gasteiger partial charge on any atom is 0.338 e. The SMILES string of the molecule is N#CCN(C(=O)COC(=O)c1cccc(O)c1)c1ccccc1. The molecule has 0 aromatic heterocycles. The topological polar surface area (TPSA) is 90.6 Å². The Morgan fingerprint density at radius 3 is 2.52 bits per heavy atom. The fourth-order valence-corrected chi connectivity index (χ4v) is 1.92. The Morgan fingerprint density at radius 1 is 1.13 bits per heavy atom. The van der Waals surface area contributed by atoms with Gasteiger partial charge in [-0.1, -0.05) is 24.3 Å². The number of ether oxygens (including phenoxy) is 1. The van der Waals surface area contributed by atoms with Crippen molar-refractivity contribution in [2.75, 3.05) is 18.1 Å². The quantitative estimate of drug-likeness (QED) is 0.674. The number of phenolic OH excluding ortho intramolecular Hbond substituents is 1. The van der Waals surface area contributed by atoms with Gasteiger partial charge in [-0.25, -0.2) is 4.79 Å². The number of nitriles is 1. The maximum atomic E-state index is 12.2. The highest BCUT2D eigenvalue weighted by molar-refractivity contribution is 5.97. The van der Waals surface area contributed by atoms with Crippen molar-refractivity contribution in [2.45, 2.75) is 0 Å². The van der Waals surface area contributed by atoms with Gasteiger partial charge in [-0.2, -0.15) is 5.26 Å². The van der Waals surface area contributed by atoms with Crippen LogP contribution in [0.5, 0.6) is 5.75 Å². The minimum Gasteiger partial charge on any atom is -0.508 e. The predicted octanol–water partition coefficient (Wildman–Crippen LogP) is 2.11. The second-order valence-electron chi connectivity index (χ2n) is 4.60. The molecule has 23 heavy (non-hydrogen) atoms. The summed E-state index contributed by atoms with van der Waals surface area (Å²) in [7, 11) is 0. The smallest absolute Gasteiger partial charge is 0.338 e. The van der Waals surface area contributed by atoms with Crippen LogP contribution in [0.4, 0.5) is 5.69 Å². The molecule has 0 aliphatic carbocycles. The van der Waals surface area contributed by atoms with Gasteiger partial charge in [0.25, 0.3) is 5.91 Å². The van der Waals surface area contributed by atoms with Gasteiger partial charge in [-0.05, 0) is 30.3 Å². The third-order valence-electron chi connectivity index (χ3n) is 3.01. The molecule has 1 N–H and O–H groups in total. The largest absolute Gasteiger partial charge is 0.508 e. The summed E-state index contributed by atoms with van der Waals surface area (Å²) in [5, 5.41) is 18.2. The number of amides is 1. The normalized spacial score (nSPS) is 9.70. The van der Waals surface area contributed by atoms with Crippen molar-refractivity contribution < 1.29 is 19.4 Å². The van der Waals surface area contributed by atoms with Crippen LogP contribution in [-0.2, 0) is 9.53 Å². The van der Waals surface area contributed by atoms with E-state index in [4.69, 9.17) is 10.00 Å². The second kappa shape index (κ2) is 7.61.